The summed E-state index contributed by atoms with van der Waals surface area (Å²) in [5.74, 6) is 2.41. The minimum absolute atomic E-state index is 0.0581. The maximum Gasteiger partial charge on any atom is 0.219 e. The monoisotopic (exact) mass is 291 g/mol. The van der Waals surface area contributed by atoms with Gasteiger partial charge in [-0.05, 0) is 11.6 Å². The van der Waals surface area contributed by atoms with Crippen molar-refractivity contribution in [2.24, 2.45) is 0 Å². The van der Waals surface area contributed by atoms with E-state index in [1.807, 2.05) is 0 Å². The topological polar surface area (TPSA) is 70.0 Å². The Morgan fingerprint density at radius 3 is 2.10 bits per heavy atom. The molecule has 1 N–H and O–H groups in total. The Hall–Kier alpha value is -2.47. The van der Waals surface area contributed by atoms with Gasteiger partial charge in [-0.2, -0.15) is 0 Å². The lowest BCUT2D eigenvalue weighted by Gasteiger charge is -2.14. The molecule has 0 aliphatic carbocycles. The van der Waals surface area contributed by atoms with Crippen LogP contribution in [0.4, 0.5) is 0 Å². The lowest BCUT2D eigenvalue weighted by molar-refractivity contribution is 0.281. The molecule has 0 amide bonds. The van der Waals surface area contributed by atoms with E-state index in [-0.39, 0.29) is 6.61 Å². The molecular weight excluding hydrogens is 274 g/mol. The Balaban J connectivity index is 2.30. The number of nitrogens with zero attached hydrogens (tertiary/aromatic N) is 1. The zero-order valence-electron chi connectivity index (χ0n) is 12.1. The second-order valence-corrected chi connectivity index (χ2v) is 4.13. The SMILES string of the molecule is COc1cc(Oc2ccc(CO)cn2)cc(OC)c1OC. The first-order chi connectivity index (χ1) is 10.2. The largest absolute Gasteiger partial charge is 0.493 e. The summed E-state index contributed by atoms with van der Waals surface area (Å²) in [6.07, 6.45) is 1.55. The summed E-state index contributed by atoms with van der Waals surface area (Å²) < 4.78 is 21.4. The van der Waals surface area contributed by atoms with Gasteiger partial charge in [0, 0.05) is 24.4 Å². The van der Waals surface area contributed by atoms with Crippen LogP contribution in [0.5, 0.6) is 28.9 Å². The quantitative estimate of drug-likeness (QED) is 0.881. The first kappa shape index (κ1) is 14.9. The summed E-state index contributed by atoms with van der Waals surface area (Å²) in [7, 11) is 4.61. The molecule has 6 nitrogen and oxygen atoms in total. The molecule has 0 spiro atoms. The molecule has 6 heteroatoms. The van der Waals surface area contributed by atoms with Crippen LogP contribution in [0.1, 0.15) is 5.56 Å². The molecule has 0 saturated heterocycles. The maximum absolute atomic E-state index is 8.98. The minimum Gasteiger partial charge on any atom is -0.493 e. The van der Waals surface area contributed by atoms with Gasteiger partial charge in [0.1, 0.15) is 5.75 Å². The Labute approximate surface area is 122 Å². The van der Waals surface area contributed by atoms with Crippen LogP contribution in [0, 0.1) is 0 Å². The fraction of sp³-hybridized carbons (Fsp3) is 0.267. The zero-order valence-corrected chi connectivity index (χ0v) is 12.1. The summed E-state index contributed by atoms with van der Waals surface area (Å²) in [5, 5.41) is 8.98. The highest BCUT2D eigenvalue weighted by Gasteiger charge is 2.14. The van der Waals surface area contributed by atoms with Crippen LogP contribution in [-0.4, -0.2) is 31.4 Å². The van der Waals surface area contributed by atoms with E-state index in [0.29, 0.717) is 34.4 Å². The molecule has 112 valence electrons. The Bertz CT molecular complexity index is 573. The molecule has 0 radical (unpaired) electrons. The molecule has 0 atom stereocenters. The van der Waals surface area contributed by atoms with Crippen molar-refractivity contribution in [2.75, 3.05) is 21.3 Å². The van der Waals surface area contributed by atoms with Gasteiger partial charge >= 0.3 is 0 Å². The Morgan fingerprint density at radius 1 is 1.00 bits per heavy atom. The van der Waals surface area contributed by atoms with Crippen molar-refractivity contribution in [2.45, 2.75) is 6.61 Å². The molecule has 1 aromatic carbocycles. The van der Waals surface area contributed by atoms with Gasteiger partial charge in [-0.3, -0.25) is 0 Å². The van der Waals surface area contributed by atoms with Crippen LogP contribution >= 0.6 is 0 Å². The number of ether oxygens (including phenoxy) is 4. The second kappa shape index (κ2) is 6.81. The van der Waals surface area contributed by atoms with Crippen molar-refractivity contribution in [1.82, 2.24) is 4.98 Å². The van der Waals surface area contributed by atoms with Crippen LogP contribution in [0.15, 0.2) is 30.5 Å². The summed E-state index contributed by atoms with van der Waals surface area (Å²) in [4.78, 5) is 4.10. The molecule has 1 heterocycles. The van der Waals surface area contributed by atoms with Gasteiger partial charge in [-0.1, -0.05) is 0 Å². The number of methoxy groups -OCH3 is 3. The molecule has 0 saturated carbocycles. The summed E-state index contributed by atoms with van der Waals surface area (Å²) in [5.41, 5.74) is 0.715. The molecule has 1 aromatic heterocycles. The van der Waals surface area contributed by atoms with Gasteiger partial charge in [0.25, 0.3) is 0 Å². The Kier molecular flexibility index (Phi) is 4.84. The van der Waals surface area contributed by atoms with Gasteiger partial charge in [-0.25, -0.2) is 4.98 Å². The lowest BCUT2D eigenvalue weighted by Crippen LogP contribution is -1.96. The van der Waals surface area contributed by atoms with E-state index in [1.165, 1.54) is 21.3 Å². The molecule has 0 aliphatic rings. The molecule has 0 fully saturated rings. The highest BCUT2D eigenvalue weighted by atomic mass is 16.5. The van der Waals surface area contributed by atoms with Crippen molar-refractivity contribution in [3.05, 3.63) is 36.0 Å². The third kappa shape index (κ3) is 3.35. The highest BCUT2D eigenvalue weighted by Crippen LogP contribution is 2.41. The number of pyridine rings is 1. The van der Waals surface area contributed by atoms with Gasteiger partial charge in [0.2, 0.25) is 11.6 Å². The third-order valence-electron chi connectivity index (χ3n) is 2.84. The predicted octanol–water partition coefficient (Wildman–Crippen LogP) is 2.39. The first-order valence-corrected chi connectivity index (χ1v) is 6.25. The van der Waals surface area contributed by atoms with Crippen molar-refractivity contribution in [1.29, 1.82) is 0 Å². The summed E-state index contributed by atoms with van der Waals surface area (Å²) in [6, 6.07) is 6.78. The molecule has 0 aliphatic heterocycles. The van der Waals surface area contributed by atoms with Crippen molar-refractivity contribution >= 4 is 0 Å². The molecular formula is C15H17NO5. The van der Waals surface area contributed by atoms with E-state index in [1.54, 1.807) is 30.5 Å². The normalized spacial score (nSPS) is 10.1. The number of aromatic nitrogens is 1. The highest BCUT2D eigenvalue weighted by molar-refractivity contribution is 5.56. The van der Waals surface area contributed by atoms with E-state index in [2.05, 4.69) is 4.98 Å². The number of rotatable bonds is 6. The second-order valence-electron chi connectivity index (χ2n) is 4.13. The molecule has 0 unspecified atom stereocenters. The van der Waals surface area contributed by atoms with E-state index in [9.17, 15) is 0 Å². The standard InChI is InChI=1S/C15H17NO5/c1-18-12-6-11(7-13(19-2)15(12)20-3)21-14-5-4-10(9-17)8-16-14/h4-8,17H,9H2,1-3H3. The number of hydrogen-bond donors (Lipinski definition) is 1. The zero-order chi connectivity index (χ0) is 15.2. The van der Waals surface area contributed by atoms with Crippen molar-refractivity contribution in [3.8, 4) is 28.9 Å². The summed E-state index contributed by atoms with van der Waals surface area (Å²) in [6.45, 7) is -0.0581. The molecule has 2 rings (SSSR count). The fourth-order valence-corrected chi connectivity index (χ4v) is 1.80. The van der Waals surface area contributed by atoms with Crippen LogP contribution in [-0.2, 0) is 6.61 Å². The number of aliphatic hydroxyl groups excluding tert-OH is 1. The lowest BCUT2D eigenvalue weighted by atomic mass is 10.2. The average Bonchev–Trinajstić information content (AvgIpc) is 2.54. The van der Waals surface area contributed by atoms with E-state index in [0.717, 1.165) is 0 Å². The fourth-order valence-electron chi connectivity index (χ4n) is 1.80. The first-order valence-electron chi connectivity index (χ1n) is 6.25. The van der Waals surface area contributed by atoms with Gasteiger partial charge in [-0.15, -0.1) is 0 Å². The number of hydrogen-bond acceptors (Lipinski definition) is 6. The number of benzene rings is 1. The van der Waals surface area contributed by atoms with Crippen LogP contribution in [0.2, 0.25) is 0 Å². The van der Waals surface area contributed by atoms with Crippen molar-refractivity contribution < 1.29 is 24.1 Å². The smallest absolute Gasteiger partial charge is 0.219 e. The molecule has 0 bridgehead atoms. The van der Waals surface area contributed by atoms with Crippen LogP contribution in [0.3, 0.4) is 0 Å². The Morgan fingerprint density at radius 2 is 1.67 bits per heavy atom. The van der Waals surface area contributed by atoms with Gasteiger partial charge in [0.05, 0.1) is 27.9 Å². The molecule has 21 heavy (non-hydrogen) atoms. The van der Waals surface area contributed by atoms with E-state index >= 15 is 0 Å². The predicted molar refractivity (Wildman–Crippen MR) is 76.3 cm³/mol. The number of aliphatic hydroxyl groups is 1. The van der Waals surface area contributed by atoms with E-state index in [4.69, 9.17) is 24.1 Å². The third-order valence-corrected chi connectivity index (χ3v) is 2.84. The minimum atomic E-state index is -0.0581. The van der Waals surface area contributed by atoms with Crippen molar-refractivity contribution in [3.63, 3.8) is 0 Å². The van der Waals surface area contributed by atoms with Crippen LogP contribution < -0.4 is 18.9 Å². The summed E-state index contributed by atoms with van der Waals surface area (Å²) >= 11 is 0. The van der Waals surface area contributed by atoms with E-state index < -0.39 is 0 Å². The molecule has 2 aromatic rings. The van der Waals surface area contributed by atoms with Gasteiger partial charge in [0.15, 0.2) is 11.5 Å². The van der Waals surface area contributed by atoms with Gasteiger partial charge < -0.3 is 24.1 Å². The maximum atomic E-state index is 8.98. The average molecular weight is 291 g/mol. The van der Waals surface area contributed by atoms with Crippen LogP contribution in [0.25, 0.3) is 0 Å².